The number of furan rings is 1. The van der Waals surface area contributed by atoms with Crippen molar-refractivity contribution < 1.29 is 14.0 Å². The van der Waals surface area contributed by atoms with Crippen LogP contribution in [0.2, 0.25) is 0 Å². The molecule has 0 spiro atoms. The lowest BCUT2D eigenvalue weighted by Crippen LogP contribution is -2.18. The molecule has 0 bridgehead atoms. The smallest absolute Gasteiger partial charge is 0.307 e. The monoisotopic (exact) mass is 439 g/mol. The fourth-order valence-electron chi connectivity index (χ4n) is 2.42. The third-order valence-electron chi connectivity index (χ3n) is 3.97. The van der Waals surface area contributed by atoms with E-state index in [9.17, 15) is 9.59 Å². The van der Waals surface area contributed by atoms with Crippen molar-refractivity contribution >= 4 is 39.1 Å². The summed E-state index contributed by atoms with van der Waals surface area (Å²) in [5.74, 6) is -0.486. The van der Waals surface area contributed by atoms with Crippen LogP contribution >= 0.6 is 15.9 Å². The molecule has 3 rings (SSSR count). The van der Waals surface area contributed by atoms with Gasteiger partial charge in [0, 0.05) is 11.3 Å². The minimum absolute atomic E-state index is 0.155. The van der Waals surface area contributed by atoms with Gasteiger partial charge in [0.25, 0.3) is 5.91 Å². The number of carbonyl (C=O) groups excluding carboxylic acids is 2. The predicted octanol–water partition coefficient (Wildman–Crippen LogP) is 4.76. The zero-order chi connectivity index (χ0) is 20.1. The summed E-state index contributed by atoms with van der Waals surface area (Å²) in [6, 6.07) is 17.8. The molecular formula is C21H18BrN3O3. The Morgan fingerprint density at radius 3 is 2.39 bits per heavy atom. The molecule has 0 atom stereocenters. The SMILES string of the molecule is CC(=NNC(=O)c1ccc(Br)o1)c1cccc(NC(=O)c2ccc(C)cc2)c1. The summed E-state index contributed by atoms with van der Waals surface area (Å²) in [5, 5.41) is 6.96. The summed E-state index contributed by atoms with van der Waals surface area (Å²) in [7, 11) is 0. The average Bonchev–Trinajstić information content (AvgIpc) is 3.13. The Hall–Kier alpha value is -3.19. The molecule has 2 N–H and O–H groups in total. The molecule has 0 aliphatic rings. The molecule has 142 valence electrons. The molecule has 0 aliphatic carbocycles. The van der Waals surface area contributed by atoms with Crippen LogP contribution in [-0.2, 0) is 0 Å². The van der Waals surface area contributed by atoms with E-state index < -0.39 is 5.91 Å². The third kappa shape index (κ3) is 4.95. The number of hydrazone groups is 1. The fraction of sp³-hybridized carbons (Fsp3) is 0.0952. The highest BCUT2D eigenvalue weighted by molar-refractivity contribution is 9.10. The lowest BCUT2D eigenvalue weighted by Gasteiger charge is -2.08. The first kappa shape index (κ1) is 19.6. The van der Waals surface area contributed by atoms with Crippen molar-refractivity contribution in [3.05, 3.63) is 87.8 Å². The van der Waals surface area contributed by atoms with Gasteiger partial charge in [-0.2, -0.15) is 5.10 Å². The summed E-state index contributed by atoms with van der Waals surface area (Å²) in [5.41, 5.74) is 6.12. The van der Waals surface area contributed by atoms with E-state index in [1.54, 1.807) is 43.3 Å². The maximum Gasteiger partial charge on any atom is 0.307 e. The van der Waals surface area contributed by atoms with E-state index in [2.05, 4.69) is 31.8 Å². The van der Waals surface area contributed by atoms with Crippen LogP contribution < -0.4 is 10.7 Å². The third-order valence-corrected chi connectivity index (χ3v) is 4.40. The van der Waals surface area contributed by atoms with Crippen LogP contribution in [0.25, 0.3) is 0 Å². The molecule has 0 fully saturated rings. The lowest BCUT2D eigenvalue weighted by atomic mass is 10.1. The molecule has 6 nitrogen and oxygen atoms in total. The second kappa shape index (κ2) is 8.67. The lowest BCUT2D eigenvalue weighted by molar-refractivity contribution is 0.0925. The number of anilines is 1. The summed E-state index contributed by atoms with van der Waals surface area (Å²) in [4.78, 5) is 24.4. The Labute approximate surface area is 170 Å². The van der Waals surface area contributed by atoms with Crippen molar-refractivity contribution in [3.63, 3.8) is 0 Å². The normalized spacial score (nSPS) is 11.2. The Morgan fingerprint density at radius 2 is 1.71 bits per heavy atom. The van der Waals surface area contributed by atoms with Crippen LogP contribution in [0.5, 0.6) is 0 Å². The Kier molecular flexibility index (Phi) is 6.06. The number of nitrogens with zero attached hydrogens (tertiary/aromatic N) is 1. The maximum atomic E-state index is 12.4. The Bertz CT molecular complexity index is 1040. The van der Waals surface area contributed by atoms with E-state index in [4.69, 9.17) is 4.42 Å². The number of carbonyl (C=O) groups is 2. The van der Waals surface area contributed by atoms with Crippen molar-refractivity contribution in [2.24, 2.45) is 5.10 Å². The molecular weight excluding hydrogens is 422 g/mol. The minimum Gasteiger partial charge on any atom is -0.444 e. The zero-order valence-corrected chi connectivity index (χ0v) is 16.9. The van der Waals surface area contributed by atoms with E-state index >= 15 is 0 Å². The standard InChI is InChI=1S/C21H18BrN3O3/c1-13-6-8-15(9-7-13)20(26)23-17-5-3-4-16(12-17)14(2)24-25-21(27)18-10-11-19(22)28-18/h3-12H,1-2H3,(H,23,26)(H,25,27). The topological polar surface area (TPSA) is 83.7 Å². The largest absolute Gasteiger partial charge is 0.444 e. The van der Waals surface area contributed by atoms with Gasteiger partial charge in [0.2, 0.25) is 0 Å². The van der Waals surface area contributed by atoms with Crippen molar-refractivity contribution in [2.45, 2.75) is 13.8 Å². The molecule has 2 amide bonds. The van der Waals surface area contributed by atoms with Crippen molar-refractivity contribution in [1.29, 1.82) is 0 Å². The van der Waals surface area contributed by atoms with Gasteiger partial charge in [0.05, 0.1) is 5.71 Å². The van der Waals surface area contributed by atoms with Gasteiger partial charge in [-0.15, -0.1) is 0 Å². The summed E-state index contributed by atoms with van der Waals surface area (Å²) in [6.45, 7) is 3.73. The van der Waals surface area contributed by atoms with Gasteiger partial charge in [-0.3, -0.25) is 9.59 Å². The van der Waals surface area contributed by atoms with Crippen molar-refractivity contribution in [1.82, 2.24) is 5.43 Å². The van der Waals surface area contributed by atoms with Gasteiger partial charge in [-0.05, 0) is 71.7 Å². The van der Waals surface area contributed by atoms with Gasteiger partial charge >= 0.3 is 5.91 Å². The minimum atomic E-state index is -0.450. The number of hydrogen-bond donors (Lipinski definition) is 2. The van der Waals surface area contributed by atoms with Gasteiger partial charge in [-0.25, -0.2) is 5.43 Å². The second-order valence-electron chi connectivity index (χ2n) is 6.14. The summed E-state index contributed by atoms with van der Waals surface area (Å²) >= 11 is 3.15. The first-order chi connectivity index (χ1) is 13.4. The second-order valence-corrected chi connectivity index (χ2v) is 6.92. The van der Waals surface area contributed by atoms with Crippen LogP contribution in [0.1, 0.15) is 39.0 Å². The number of amides is 2. The Morgan fingerprint density at radius 1 is 0.964 bits per heavy atom. The molecule has 7 heteroatoms. The maximum absolute atomic E-state index is 12.4. The van der Waals surface area contributed by atoms with Gasteiger partial charge < -0.3 is 9.73 Å². The van der Waals surface area contributed by atoms with Crippen molar-refractivity contribution in [3.8, 4) is 0 Å². The number of rotatable bonds is 5. The summed E-state index contributed by atoms with van der Waals surface area (Å²) < 4.78 is 5.65. The first-order valence-electron chi connectivity index (χ1n) is 8.51. The highest BCUT2D eigenvalue weighted by Crippen LogP contribution is 2.15. The van der Waals surface area contributed by atoms with E-state index in [-0.39, 0.29) is 11.7 Å². The number of hydrogen-bond acceptors (Lipinski definition) is 4. The first-order valence-corrected chi connectivity index (χ1v) is 9.30. The molecule has 0 unspecified atom stereocenters. The average molecular weight is 440 g/mol. The van der Waals surface area contributed by atoms with E-state index in [0.29, 0.717) is 21.6 Å². The van der Waals surface area contributed by atoms with E-state index in [0.717, 1.165) is 11.1 Å². The molecule has 1 heterocycles. The molecule has 0 saturated heterocycles. The number of aryl methyl sites for hydroxylation is 1. The van der Waals surface area contributed by atoms with Gasteiger partial charge in [-0.1, -0.05) is 29.8 Å². The molecule has 0 saturated carbocycles. The van der Waals surface area contributed by atoms with Gasteiger partial charge in [0.1, 0.15) is 0 Å². The van der Waals surface area contributed by atoms with Crippen LogP contribution in [0.3, 0.4) is 0 Å². The van der Waals surface area contributed by atoms with Crippen LogP contribution in [0.4, 0.5) is 5.69 Å². The quantitative estimate of drug-likeness (QED) is 0.444. The van der Waals surface area contributed by atoms with Crippen LogP contribution in [-0.4, -0.2) is 17.5 Å². The fourth-order valence-corrected chi connectivity index (χ4v) is 2.73. The van der Waals surface area contributed by atoms with E-state index in [1.807, 2.05) is 31.2 Å². The molecule has 3 aromatic rings. The van der Waals surface area contributed by atoms with Crippen LogP contribution in [0.15, 0.2) is 74.9 Å². The zero-order valence-electron chi connectivity index (χ0n) is 15.3. The number of halogens is 1. The number of benzene rings is 2. The summed E-state index contributed by atoms with van der Waals surface area (Å²) in [6.07, 6.45) is 0. The predicted molar refractivity (Wildman–Crippen MR) is 112 cm³/mol. The number of nitrogens with one attached hydrogen (secondary N) is 2. The molecule has 1 aromatic heterocycles. The van der Waals surface area contributed by atoms with Crippen molar-refractivity contribution in [2.75, 3.05) is 5.32 Å². The highest BCUT2D eigenvalue weighted by Gasteiger charge is 2.10. The van der Waals surface area contributed by atoms with E-state index in [1.165, 1.54) is 0 Å². The molecule has 0 radical (unpaired) electrons. The van der Waals surface area contributed by atoms with Gasteiger partial charge in [0.15, 0.2) is 10.4 Å². The van der Waals surface area contributed by atoms with Crippen LogP contribution in [0, 0.1) is 6.92 Å². The molecule has 2 aromatic carbocycles. The molecule has 28 heavy (non-hydrogen) atoms. The highest BCUT2D eigenvalue weighted by atomic mass is 79.9. The molecule has 0 aliphatic heterocycles. The Balaban J connectivity index is 1.68.